The number of piperidine rings is 2. The first-order valence-electron chi connectivity index (χ1n) is 9.21. The van der Waals surface area contributed by atoms with Gasteiger partial charge in [0, 0.05) is 44.0 Å². The van der Waals surface area contributed by atoms with Crippen LogP contribution in [0.5, 0.6) is 0 Å². The fourth-order valence-electron chi connectivity index (χ4n) is 4.45. The Hall–Kier alpha value is -2.48. The summed E-state index contributed by atoms with van der Waals surface area (Å²) in [5, 5.41) is 2.64. The molecule has 8 heteroatoms. The van der Waals surface area contributed by atoms with Gasteiger partial charge < -0.3 is 15.0 Å². The molecule has 1 aliphatic carbocycles. The fourth-order valence-corrected chi connectivity index (χ4v) is 4.45. The van der Waals surface area contributed by atoms with Crippen LogP contribution >= 0.6 is 0 Å². The first-order valence-corrected chi connectivity index (χ1v) is 9.21. The van der Waals surface area contributed by atoms with Crippen molar-refractivity contribution >= 4 is 29.2 Å². The number of anilines is 1. The predicted octanol–water partition coefficient (Wildman–Crippen LogP) is 1.65. The molecule has 3 heterocycles. The Morgan fingerprint density at radius 1 is 1.33 bits per heavy atom. The Balaban J connectivity index is 1.60. The Morgan fingerprint density at radius 2 is 2.04 bits per heavy atom. The van der Waals surface area contributed by atoms with Crippen LogP contribution in [0.15, 0.2) is 18.2 Å². The number of ketones is 1. The van der Waals surface area contributed by atoms with E-state index < -0.39 is 11.9 Å². The van der Waals surface area contributed by atoms with E-state index in [1.54, 1.807) is 12.1 Å². The number of benzene rings is 1. The molecular weight excluding hydrogens is 353 g/mol. The molecule has 7 nitrogen and oxygen atoms in total. The molecule has 3 saturated heterocycles. The number of carbonyl (C=O) groups excluding carboxylic acids is 3. The highest BCUT2D eigenvalue weighted by atomic mass is 19.1. The number of fused-ring (bicyclic) bond motifs is 2. The van der Waals surface area contributed by atoms with E-state index >= 15 is 0 Å². The molecule has 1 saturated carbocycles. The molecule has 0 spiro atoms. The molecule has 5 rings (SSSR count). The van der Waals surface area contributed by atoms with E-state index in [0.717, 1.165) is 0 Å². The minimum Gasteiger partial charge on any atom is -0.414 e. The highest BCUT2D eigenvalue weighted by Gasteiger charge is 2.52. The van der Waals surface area contributed by atoms with Crippen LogP contribution < -0.4 is 14.7 Å². The third-order valence-corrected chi connectivity index (χ3v) is 6.25. The Labute approximate surface area is 156 Å². The topological polar surface area (TPSA) is 75.7 Å². The SMILES string of the molecule is CC(=O)NC[N+]1(c2ccc(N3CC4C(=O)C(C3)C4C)c(F)c2)CCOC1=O. The number of hydrogen-bond acceptors (Lipinski definition) is 5. The van der Waals surface area contributed by atoms with E-state index in [1.807, 2.05) is 4.90 Å². The largest absolute Gasteiger partial charge is 0.523 e. The zero-order valence-corrected chi connectivity index (χ0v) is 15.4. The van der Waals surface area contributed by atoms with Gasteiger partial charge in [0.05, 0.1) is 5.69 Å². The number of cyclic esters (lactones) is 1. The Kier molecular flexibility index (Phi) is 4.18. The van der Waals surface area contributed by atoms with Gasteiger partial charge in [-0.25, -0.2) is 4.39 Å². The van der Waals surface area contributed by atoms with Crippen molar-refractivity contribution in [2.75, 3.05) is 37.8 Å². The monoisotopic (exact) mass is 376 g/mol. The van der Waals surface area contributed by atoms with Crippen LogP contribution in [0.1, 0.15) is 13.8 Å². The van der Waals surface area contributed by atoms with Gasteiger partial charge in [0.1, 0.15) is 24.6 Å². The van der Waals surface area contributed by atoms with Gasteiger partial charge in [-0.05, 0) is 12.0 Å². The van der Waals surface area contributed by atoms with E-state index in [1.165, 1.54) is 13.0 Å². The van der Waals surface area contributed by atoms with Gasteiger partial charge in [0.15, 0.2) is 12.5 Å². The second-order valence-electron chi connectivity index (χ2n) is 7.71. The van der Waals surface area contributed by atoms with E-state index in [9.17, 15) is 18.8 Å². The molecule has 144 valence electrons. The molecule has 1 aromatic carbocycles. The zero-order valence-electron chi connectivity index (χ0n) is 15.4. The molecule has 27 heavy (non-hydrogen) atoms. The van der Waals surface area contributed by atoms with Crippen LogP contribution in [0.25, 0.3) is 0 Å². The molecule has 0 aromatic heterocycles. The average Bonchev–Trinajstić information content (AvgIpc) is 3.02. The highest BCUT2D eigenvalue weighted by Crippen LogP contribution is 2.44. The van der Waals surface area contributed by atoms with Gasteiger partial charge in [-0.3, -0.25) is 9.59 Å². The van der Waals surface area contributed by atoms with Gasteiger partial charge in [-0.2, -0.15) is 9.28 Å². The molecule has 4 fully saturated rings. The maximum absolute atomic E-state index is 14.9. The molecule has 3 aliphatic heterocycles. The first kappa shape index (κ1) is 17.9. The standard InChI is InChI=1S/C19H22FN3O4/c1-11-14-8-22(9-15(11)18(14)25)17-4-3-13(7-16(17)20)23(10-21-12(2)24)5-6-27-19(23)26/h3-4,7,11,14-15H,5-6,8-10H2,1-2H3/p+1. The Bertz CT molecular complexity index is 813. The summed E-state index contributed by atoms with van der Waals surface area (Å²) in [6.07, 6.45) is -0.505. The molecular formula is C19H23FN3O4+. The van der Waals surface area contributed by atoms with E-state index in [2.05, 4.69) is 12.2 Å². The van der Waals surface area contributed by atoms with Crippen LogP contribution in [0.2, 0.25) is 0 Å². The number of hydrogen-bond donors (Lipinski definition) is 1. The van der Waals surface area contributed by atoms with Gasteiger partial charge in [-0.1, -0.05) is 6.92 Å². The van der Waals surface area contributed by atoms with Crippen molar-refractivity contribution in [1.82, 2.24) is 9.80 Å². The number of nitrogens with one attached hydrogen (secondary N) is 1. The number of rotatable bonds is 4. The van der Waals surface area contributed by atoms with Crippen LogP contribution in [0.3, 0.4) is 0 Å². The summed E-state index contributed by atoms with van der Waals surface area (Å²) in [5.74, 6) is -0.0917. The lowest BCUT2D eigenvalue weighted by Gasteiger charge is -2.51. The van der Waals surface area contributed by atoms with Crippen molar-refractivity contribution in [2.24, 2.45) is 17.8 Å². The van der Waals surface area contributed by atoms with Crippen LogP contribution in [-0.2, 0) is 14.3 Å². The Morgan fingerprint density at radius 3 is 2.56 bits per heavy atom. The average molecular weight is 376 g/mol. The fraction of sp³-hybridized carbons (Fsp3) is 0.526. The smallest absolute Gasteiger partial charge is 0.414 e. The zero-order chi connectivity index (χ0) is 19.3. The second-order valence-corrected chi connectivity index (χ2v) is 7.71. The minimum atomic E-state index is -0.505. The van der Waals surface area contributed by atoms with Gasteiger partial charge >= 0.3 is 6.09 Å². The summed E-state index contributed by atoms with van der Waals surface area (Å²) in [6.45, 7) is 5.07. The number of nitrogens with zero attached hydrogens (tertiary/aromatic N) is 2. The summed E-state index contributed by atoms with van der Waals surface area (Å²) >= 11 is 0. The van der Waals surface area contributed by atoms with E-state index in [0.29, 0.717) is 36.9 Å². The highest BCUT2D eigenvalue weighted by molar-refractivity contribution is 5.92. The summed E-state index contributed by atoms with van der Waals surface area (Å²) in [7, 11) is 0. The molecule has 1 N–H and O–H groups in total. The molecule has 2 bridgehead atoms. The summed E-state index contributed by atoms with van der Waals surface area (Å²) in [4.78, 5) is 37.5. The molecule has 4 aliphatic rings. The van der Waals surface area contributed by atoms with Crippen molar-refractivity contribution < 1.29 is 23.5 Å². The maximum Gasteiger partial charge on any atom is 0.523 e. The first-order chi connectivity index (χ1) is 12.8. The van der Waals surface area contributed by atoms with Crippen LogP contribution in [-0.4, -0.2) is 50.7 Å². The number of halogens is 1. The molecule has 2 amide bonds. The summed E-state index contributed by atoms with van der Waals surface area (Å²) in [5.41, 5.74) is 0.887. The van der Waals surface area contributed by atoms with Crippen molar-refractivity contribution in [2.45, 2.75) is 13.8 Å². The number of carbonyl (C=O) groups is 3. The lowest BCUT2D eigenvalue weighted by molar-refractivity contribution is -0.143. The number of ether oxygens (including phenoxy) is 1. The summed E-state index contributed by atoms with van der Waals surface area (Å²) < 4.78 is 19.8. The number of Topliss-reactive ketones (excluding diaryl/α,β-unsaturated/α-hetero) is 1. The molecule has 0 radical (unpaired) electrons. The number of quaternary nitrogens is 1. The second kappa shape index (κ2) is 6.30. The van der Waals surface area contributed by atoms with Gasteiger partial charge in [0.2, 0.25) is 5.91 Å². The third-order valence-electron chi connectivity index (χ3n) is 6.25. The minimum absolute atomic E-state index is 0.0190. The quantitative estimate of drug-likeness (QED) is 0.809. The molecule has 3 unspecified atom stereocenters. The van der Waals surface area contributed by atoms with E-state index in [-0.39, 0.29) is 41.3 Å². The lowest BCUT2D eigenvalue weighted by atomic mass is 9.61. The van der Waals surface area contributed by atoms with Crippen molar-refractivity contribution in [3.8, 4) is 0 Å². The maximum atomic E-state index is 14.9. The van der Waals surface area contributed by atoms with Gasteiger partial charge in [-0.15, -0.1) is 0 Å². The molecule has 1 aromatic rings. The summed E-state index contributed by atoms with van der Waals surface area (Å²) in [6, 6.07) is 4.71. The van der Waals surface area contributed by atoms with Crippen molar-refractivity contribution in [3.63, 3.8) is 0 Å². The van der Waals surface area contributed by atoms with Gasteiger partial charge in [0.25, 0.3) is 0 Å². The lowest BCUT2D eigenvalue weighted by Crippen LogP contribution is -2.61. The van der Waals surface area contributed by atoms with E-state index in [4.69, 9.17) is 4.74 Å². The predicted molar refractivity (Wildman–Crippen MR) is 96.5 cm³/mol. The van der Waals surface area contributed by atoms with Crippen molar-refractivity contribution in [3.05, 3.63) is 24.0 Å². The number of amides is 2. The van der Waals surface area contributed by atoms with Crippen molar-refractivity contribution in [1.29, 1.82) is 0 Å². The molecule has 3 atom stereocenters. The van der Waals surface area contributed by atoms with Crippen LogP contribution in [0, 0.1) is 23.6 Å². The third kappa shape index (κ3) is 2.70. The van der Waals surface area contributed by atoms with Crippen LogP contribution in [0.4, 0.5) is 20.6 Å². The normalized spacial score (nSPS) is 32.1.